The van der Waals surface area contributed by atoms with Crippen LogP contribution < -0.4 is 5.32 Å². The minimum absolute atomic E-state index is 0.518. The summed E-state index contributed by atoms with van der Waals surface area (Å²) in [7, 11) is 0. The zero-order chi connectivity index (χ0) is 13.7. The first-order valence-electron chi connectivity index (χ1n) is 6.58. The SMILES string of the molecule is CC(C)NCc1cc(Br)ccc1SC(C)C(C)C. The molecule has 0 aliphatic rings. The van der Waals surface area contributed by atoms with Gasteiger partial charge in [0, 0.05) is 27.2 Å². The lowest BCUT2D eigenvalue weighted by atomic mass is 10.2. The Morgan fingerprint density at radius 1 is 1.17 bits per heavy atom. The Labute approximate surface area is 124 Å². The maximum Gasteiger partial charge on any atom is 0.0219 e. The molecule has 1 nitrogen and oxygen atoms in total. The van der Waals surface area contributed by atoms with Crippen LogP contribution in [0.2, 0.25) is 0 Å². The lowest BCUT2D eigenvalue weighted by Gasteiger charge is -2.18. The van der Waals surface area contributed by atoms with Crippen molar-refractivity contribution in [2.45, 2.75) is 57.4 Å². The summed E-state index contributed by atoms with van der Waals surface area (Å²) in [5.74, 6) is 0.699. The molecule has 0 aromatic heterocycles. The van der Waals surface area contributed by atoms with Crippen molar-refractivity contribution < 1.29 is 0 Å². The molecule has 0 bridgehead atoms. The molecule has 0 amide bonds. The van der Waals surface area contributed by atoms with Crippen LogP contribution in [0.15, 0.2) is 27.6 Å². The normalized spacial score (nSPS) is 13.3. The number of benzene rings is 1. The second kappa shape index (κ2) is 7.56. The van der Waals surface area contributed by atoms with Gasteiger partial charge in [-0.15, -0.1) is 11.8 Å². The largest absolute Gasteiger partial charge is 0.310 e. The van der Waals surface area contributed by atoms with Gasteiger partial charge in [0.15, 0.2) is 0 Å². The quantitative estimate of drug-likeness (QED) is 0.730. The van der Waals surface area contributed by atoms with E-state index in [-0.39, 0.29) is 0 Å². The molecule has 1 aromatic rings. The van der Waals surface area contributed by atoms with Crippen LogP contribution in [0.5, 0.6) is 0 Å². The molecule has 0 saturated carbocycles. The second-order valence-corrected chi connectivity index (χ2v) is 7.69. The van der Waals surface area contributed by atoms with Crippen LogP contribution >= 0.6 is 27.7 Å². The summed E-state index contributed by atoms with van der Waals surface area (Å²) in [5.41, 5.74) is 1.38. The monoisotopic (exact) mass is 329 g/mol. The smallest absolute Gasteiger partial charge is 0.0219 e. The van der Waals surface area contributed by atoms with Gasteiger partial charge in [0.2, 0.25) is 0 Å². The predicted octanol–water partition coefficient (Wildman–Crippen LogP) is 5.08. The van der Waals surface area contributed by atoms with Gasteiger partial charge < -0.3 is 5.32 Å². The molecule has 0 spiro atoms. The average Bonchev–Trinajstić information content (AvgIpc) is 2.29. The maximum absolute atomic E-state index is 3.56. The van der Waals surface area contributed by atoms with Crippen molar-refractivity contribution in [3.05, 3.63) is 28.2 Å². The Hall–Kier alpha value is 0.01000. The van der Waals surface area contributed by atoms with Crippen LogP contribution in [0.4, 0.5) is 0 Å². The first-order chi connectivity index (χ1) is 8.40. The van der Waals surface area contributed by atoms with Gasteiger partial charge in [-0.2, -0.15) is 0 Å². The number of halogens is 1. The van der Waals surface area contributed by atoms with E-state index in [1.807, 2.05) is 11.8 Å². The zero-order valence-electron chi connectivity index (χ0n) is 12.0. The molecule has 0 aliphatic carbocycles. The molecule has 3 heteroatoms. The van der Waals surface area contributed by atoms with E-state index in [0.29, 0.717) is 17.2 Å². The van der Waals surface area contributed by atoms with Crippen molar-refractivity contribution in [3.63, 3.8) is 0 Å². The molecule has 0 heterocycles. The van der Waals surface area contributed by atoms with Gasteiger partial charge in [0.25, 0.3) is 0 Å². The van der Waals surface area contributed by atoms with E-state index >= 15 is 0 Å². The minimum Gasteiger partial charge on any atom is -0.310 e. The molecule has 1 atom stereocenters. The Kier molecular flexibility index (Phi) is 6.75. The molecule has 102 valence electrons. The Balaban J connectivity index is 2.82. The van der Waals surface area contributed by atoms with Gasteiger partial charge >= 0.3 is 0 Å². The van der Waals surface area contributed by atoms with E-state index in [1.165, 1.54) is 10.5 Å². The van der Waals surface area contributed by atoms with Crippen LogP contribution in [-0.4, -0.2) is 11.3 Å². The molecular weight excluding hydrogens is 306 g/mol. The van der Waals surface area contributed by atoms with Crippen LogP contribution in [0.1, 0.15) is 40.2 Å². The molecule has 0 aliphatic heterocycles. The number of thioether (sulfide) groups is 1. The van der Waals surface area contributed by atoms with Crippen LogP contribution in [0.3, 0.4) is 0 Å². The number of hydrogen-bond donors (Lipinski definition) is 1. The van der Waals surface area contributed by atoms with E-state index in [9.17, 15) is 0 Å². The third-order valence-electron chi connectivity index (χ3n) is 2.97. The van der Waals surface area contributed by atoms with Gasteiger partial charge in [0.05, 0.1) is 0 Å². The standard InChI is InChI=1S/C15H24BrNS/c1-10(2)12(5)18-15-7-6-14(16)8-13(15)9-17-11(3)4/h6-8,10-12,17H,9H2,1-5H3. The van der Waals surface area contributed by atoms with Gasteiger partial charge in [-0.25, -0.2) is 0 Å². The summed E-state index contributed by atoms with van der Waals surface area (Å²) in [6.07, 6.45) is 0. The van der Waals surface area contributed by atoms with Crippen LogP contribution in [-0.2, 0) is 6.54 Å². The third-order valence-corrected chi connectivity index (χ3v) is 5.04. The van der Waals surface area contributed by atoms with Crippen molar-refractivity contribution in [1.82, 2.24) is 5.32 Å². The Bertz CT molecular complexity index is 377. The molecule has 1 N–H and O–H groups in total. The summed E-state index contributed by atoms with van der Waals surface area (Å²) in [4.78, 5) is 1.40. The second-order valence-electron chi connectivity index (χ2n) is 5.35. The average molecular weight is 330 g/mol. The van der Waals surface area contributed by atoms with E-state index in [0.717, 1.165) is 11.0 Å². The van der Waals surface area contributed by atoms with E-state index < -0.39 is 0 Å². The molecule has 0 radical (unpaired) electrons. The summed E-state index contributed by atoms with van der Waals surface area (Å²) < 4.78 is 1.16. The lowest BCUT2D eigenvalue weighted by molar-refractivity contribution is 0.584. The fourth-order valence-electron chi connectivity index (χ4n) is 1.45. The van der Waals surface area contributed by atoms with Crippen LogP contribution in [0, 0.1) is 5.92 Å². The highest BCUT2D eigenvalue weighted by Crippen LogP contribution is 2.32. The van der Waals surface area contributed by atoms with Crippen molar-refractivity contribution in [2.24, 2.45) is 5.92 Å². The van der Waals surface area contributed by atoms with Crippen molar-refractivity contribution >= 4 is 27.7 Å². The summed E-state index contributed by atoms with van der Waals surface area (Å²) in [6, 6.07) is 7.11. The summed E-state index contributed by atoms with van der Waals surface area (Å²) in [5, 5.41) is 4.14. The van der Waals surface area contributed by atoms with Crippen molar-refractivity contribution in [3.8, 4) is 0 Å². The Morgan fingerprint density at radius 3 is 2.39 bits per heavy atom. The van der Waals surface area contributed by atoms with E-state index in [1.54, 1.807) is 0 Å². The lowest BCUT2D eigenvalue weighted by Crippen LogP contribution is -2.22. The van der Waals surface area contributed by atoms with Crippen molar-refractivity contribution in [1.29, 1.82) is 0 Å². The minimum atomic E-state index is 0.518. The Morgan fingerprint density at radius 2 is 1.83 bits per heavy atom. The molecule has 1 rings (SSSR count). The fourth-order valence-corrected chi connectivity index (χ4v) is 2.96. The summed E-state index contributed by atoms with van der Waals surface area (Å²) in [6.45, 7) is 12.2. The first-order valence-corrected chi connectivity index (χ1v) is 8.26. The molecule has 18 heavy (non-hydrogen) atoms. The molecule has 1 aromatic carbocycles. The third kappa shape index (κ3) is 5.33. The first kappa shape index (κ1) is 16.1. The number of hydrogen-bond acceptors (Lipinski definition) is 2. The highest BCUT2D eigenvalue weighted by molar-refractivity contribution is 9.10. The fraction of sp³-hybridized carbons (Fsp3) is 0.600. The van der Waals surface area contributed by atoms with Crippen LogP contribution in [0.25, 0.3) is 0 Å². The topological polar surface area (TPSA) is 12.0 Å². The molecular formula is C15H24BrNS. The van der Waals surface area contributed by atoms with Crippen molar-refractivity contribution in [2.75, 3.05) is 0 Å². The summed E-state index contributed by atoms with van der Waals surface area (Å²) >= 11 is 5.54. The van der Waals surface area contributed by atoms with E-state index in [4.69, 9.17) is 0 Å². The van der Waals surface area contributed by atoms with Gasteiger partial charge in [-0.05, 0) is 29.7 Å². The molecule has 1 unspecified atom stereocenters. The molecule has 0 saturated heterocycles. The highest BCUT2D eigenvalue weighted by Gasteiger charge is 2.12. The molecule has 0 fully saturated rings. The van der Waals surface area contributed by atoms with E-state index in [2.05, 4.69) is 74.1 Å². The zero-order valence-corrected chi connectivity index (χ0v) is 14.4. The van der Waals surface area contributed by atoms with Gasteiger partial charge in [-0.3, -0.25) is 0 Å². The number of rotatable bonds is 6. The predicted molar refractivity (Wildman–Crippen MR) is 86.3 cm³/mol. The maximum atomic E-state index is 3.56. The number of nitrogens with one attached hydrogen (secondary N) is 1. The van der Waals surface area contributed by atoms with Gasteiger partial charge in [0.1, 0.15) is 0 Å². The highest BCUT2D eigenvalue weighted by atomic mass is 79.9. The van der Waals surface area contributed by atoms with Gasteiger partial charge in [-0.1, -0.05) is 50.5 Å².